The number of carbonyl (C=O) groups excluding carboxylic acids is 1. The fourth-order valence-electron chi connectivity index (χ4n) is 2.56. The number of carboxylic acid groups (broad SMARTS) is 1. The van der Waals surface area contributed by atoms with Crippen molar-refractivity contribution in [3.05, 3.63) is 83.6 Å². The number of hydrogen-bond acceptors (Lipinski definition) is 3. The molecule has 0 saturated heterocycles. The van der Waals surface area contributed by atoms with Gasteiger partial charge in [-0.3, -0.25) is 4.79 Å². The number of ether oxygens (including phenoxy) is 1. The lowest BCUT2D eigenvalue weighted by atomic mass is 10.1. The molecule has 5 heteroatoms. The summed E-state index contributed by atoms with van der Waals surface area (Å²) in [4.78, 5) is 23.7. The maximum atomic E-state index is 12.2. The smallest absolute Gasteiger partial charge is 0.352 e. The summed E-state index contributed by atoms with van der Waals surface area (Å²) < 4.78 is 5.20. The topological polar surface area (TPSA) is 75.6 Å². The lowest BCUT2D eigenvalue weighted by Crippen LogP contribution is -2.27. The summed E-state index contributed by atoms with van der Waals surface area (Å²) >= 11 is 0. The second-order valence-electron chi connectivity index (χ2n) is 5.66. The Hall–Kier alpha value is -3.60. The number of hydrogen-bond donors (Lipinski definition) is 2. The van der Waals surface area contributed by atoms with Crippen molar-refractivity contribution >= 4 is 28.7 Å². The predicted molar refractivity (Wildman–Crippen MR) is 100 cm³/mol. The molecule has 0 spiro atoms. The van der Waals surface area contributed by atoms with Crippen molar-refractivity contribution in [3.8, 4) is 5.75 Å². The van der Waals surface area contributed by atoms with E-state index in [0.29, 0.717) is 11.1 Å². The average Bonchev–Trinajstić information content (AvgIpc) is 2.67. The van der Waals surface area contributed by atoms with Gasteiger partial charge in [0.15, 0.2) is 0 Å². The van der Waals surface area contributed by atoms with E-state index >= 15 is 0 Å². The number of nitrogens with one attached hydrogen (secondary N) is 1. The van der Waals surface area contributed by atoms with Crippen molar-refractivity contribution in [2.24, 2.45) is 0 Å². The van der Waals surface area contributed by atoms with Crippen LogP contribution >= 0.6 is 0 Å². The van der Waals surface area contributed by atoms with Crippen molar-refractivity contribution in [3.63, 3.8) is 0 Å². The molecule has 0 aliphatic heterocycles. The molecule has 0 aromatic heterocycles. The summed E-state index contributed by atoms with van der Waals surface area (Å²) in [5.74, 6) is -0.920. The Labute approximate surface area is 150 Å². The largest absolute Gasteiger partial charge is 0.497 e. The Balaban J connectivity index is 1.90. The zero-order valence-corrected chi connectivity index (χ0v) is 14.1. The average molecular weight is 347 g/mol. The molecule has 1 amide bonds. The van der Waals surface area contributed by atoms with E-state index < -0.39 is 11.9 Å². The van der Waals surface area contributed by atoms with Crippen LogP contribution in [0.3, 0.4) is 0 Å². The van der Waals surface area contributed by atoms with Crippen LogP contribution in [0.4, 0.5) is 0 Å². The summed E-state index contributed by atoms with van der Waals surface area (Å²) in [7, 11) is 1.60. The van der Waals surface area contributed by atoms with Gasteiger partial charge in [-0.15, -0.1) is 0 Å². The number of benzene rings is 3. The fourth-order valence-corrected chi connectivity index (χ4v) is 2.56. The Bertz CT molecular complexity index is 993. The monoisotopic (exact) mass is 347 g/mol. The molecular formula is C21H17NO4. The van der Waals surface area contributed by atoms with E-state index in [4.69, 9.17) is 4.74 Å². The van der Waals surface area contributed by atoms with Gasteiger partial charge in [0.2, 0.25) is 0 Å². The molecule has 0 atom stereocenters. The highest BCUT2D eigenvalue weighted by atomic mass is 16.5. The third-order valence-corrected chi connectivity index (χ3v) is 3.90. The highest BCUT2D eigenvalue weighted by Gasteiger charge is 2.13. The van der Waals surface area contributed by atoms with E-state index in [1.54, 1.807) is 43.5 Å². The minimum absolute atomic E-state index is 0.188. The molecule has 26 heavy (non-hydrogen) atoms. The van der Waals surface area contributed by atoms with E-state index in [-0.39, 0.29) is 5.70 Å². The van der Waals surface area contributed by atoms with Gasteiger partial charge < -0.3 is 15.2 Å². The van der Waals surface area contributed by atoms with Gasteiger partial charge in [0.25, 0.3) is 5.91 Å². The van der Waals surface area contributed by atoms with E-state index in [9.17, 15) is 14.7 Å². The molecule has 3 rings (SSSR count). The molecule has 0 aliphatic rings. The molecule has 0 unspecified atom stereocenters. The van der Waals surface area contributed by atoms with Crippen LogP contribution in [-0.4, -0.2) is 24.1 Å². The first-order chi connectivity index (χ1) is 12.6. The molecule has 0 saturated carbocycles. The van der Waals surface area contributed by atoms with E-state index in [1.807, 2.05) is 30.3 Å². The highest BCUT2D eigenvalue weighted by molar-refractivity contribution is 6.03. The van der Waals surface area contributed by atoms with Gasteiger partial charge in [0, 0.05) is 5.56 Å². The second kappa shape index (κ2) is 7.53. The van der Waals surface area contributed by atoms with Crippen LogP contribution in [0.2, 0.25) is 0 Å². The molecule has 2 N–H and O–H groups in total. The van der Waals surface area contributed by atoms with Crippen molar-refractivity contribution in [1.29, 1.82) is 0 Å². The lowest BCUT2D eigenvalue weighted by molar-refractivity contribution is -0.132. The third-order valence-electron chi connectivity index (χ3n) is 3.90. The van der Waals surface area contributed by atoms with Crippen LogP contribution in [-0.2, 0) is 4.79 Å². The number of aliphatic carboxylic acids is 1. The van der Waals surface area contributed by atoms with Gasteiger partial charge in [0.05, 0.1) is 7.11 Å². The highest BCUT2D eigenvalue weighted by Crippen LogP contribution is 2.22. The predicted octanol–water partition coefficient (Wildman–Crippen LogP) is 3.70. The molecule has 5 nitrogen and oxygen atoms in total. The van der Waals surface area contributed by atoms with Crippen molar-refractivity contribution in [2.75, 3.05) is 7.11 Å². The summed E-state index contributed by atoms with van der Waals surface area (Å²) in [6.45, 7) is 0. The first kappa shape index (κ1) is 17.2. The minimum Gasteiger partial charge on any atom is -0.497 e. The summed E-state index contributed by atoms with van der Waals surface area (Å²) in [6.07, 6.45) is 1.44. The standard InChI is InChI=1S/C21H17NO4/c1-26-18-10-9-16-11-14(7-8-17(16)13-18)12-19(21(24)25)22-20(23)15-5-3-2-4-6-15/h2-13H,1H3,(H,22,23)(H,24,25)/b19-12-. The summed E-state index contributed by atoms with van der Waals surface area (Å²) in [6, 6.07) is 19.6. The van der Waals surface area contributed by atoms with Gasteiger partial charge in [-0.2, -0.15) is 0 Å². The number of carbonyl (C=O) groups is 2. The Morgan fingerprint density at radius 2 is 1.65 bits per heavy atom. The second-order valence-corrected chi connectivity index (χ2v) is 5.66. The van der Waals surface area contributed by atoms with Gasteiger partial charge in [-0.25, -0.2) is 4.79 Å². The van der Waals surface area contributed by atoms with Gasteiger partial charge in [-0.1, -0.05) is 36.4 Å². The van der Waals surface area contributed by atoms with Crippen LogP contribution in [0.5, 0.6) is 5.75 Å². The van der Waals surface area contributed by atoms with Gasteiger partial charge >= 0.3 is 5.97 Å². The van der Waals surface area contributed by atoms with Crippen LogP contribution in [0.15, 0.2) is 72.4 Å². The lowest BCUT2D eigenvalue weighted by Gasteiger charge is -2.07. The van der Waals surface area contributed by atoms with Crippen LogP contribution in [0, 0.1) is 0 Å². The molecule has 0 bridgehead atoms. The zero-order valence-electron chi connectivity index (χ0n) is 14.1. The SMILES string of the molecule is COc1ccc2cc(/C=C(\NC(=O)c3ccccc3)C(=O)O)ccc2c1. The molecular weight excluding hydrogens is 330 g/mol. The van der Waals surface area contributed by atoms with Gasteiger partial charge in [-0.05, 0) is 52.7 Å². The molecule has 3 aromatic carbocycles. The maximum absolute atomic E-state index is 12.2. The number of fused-ring (bicyclic) bond motifs is 1. The maximum Gasteiger partial charge on any atom is 0.352 e. The summed E-state index contributed by atoms with van der Waals surface area (Å²) in [5, 5.41) is 13.8. The normalized spacial score (nSPS) is 11.2. The Kier molecular flexibility index (Phi) is 4.99. The molecule has 0 fully saturated rings. The molecule has 3 aromatic rings. The Morgan fingerprint density at radius 3 is 2.35 bits per heavy atom. The van der Waals surface area contributed by atoms with Crippen LogP contribution in [0.1, 0.15) is 15.9 Å². The number of amides is 1. The number of carboxylic acids is 1. The quantitative estimate of drug-likeness (QED) is 0.690. The van der Waals surface area contributed by atoms with E-state index in [2.05, 4.69) is 5.32 Å². The van der Waals surface area contributed by atoms with Crippen molar-refractivity contribution in [1.82, 2.24) is 5.32 Å². The first-order valence-electron chi connectivity index (χ1n) is 7.96. The fraction of sp³-hybridized carbons (Fsp3) is 0.0476. The first-order valence-corrected chi connectivity index (χ1v) is 7.96. The third kappa shape index (κ3) is 3.89. The number of rotatable bonds is 5. The zero-order chi connectivity index (χ0) is 18.5. The molecule has 0 aliphatic carbocycles. The van der Waals surface area contributed by atoms with Crippen LogP contribution < -0.4 is 10.1 Å². The summed E-state index contributed by atoms with van der Waals surface area (Å²) in [5.41, 5.74) is 0.880. The van der Waals surface area contributed by atoms with Gasteiger partial charge in [0.1, 0.15) is 11.4 Å². The van der Waals surface area contributed by atoms with Crippen LogP contribution in [0.25, 0.3) is 16.8 Å². The molecule has 0 heterocycles. The Morgan fingerprint density at radius 1 is 0.962 bits per heavy atom. The van der Waals surface area contributed by atoms with Crippen molar-refractivity contribution in [2.45, 2.75) is 0 Å². The van der Waals surface area contributed by atoms with Crippen molar-refractivity contribution < 1.29 is 19.4 Å². The molecule has 0 radical (unpaired) electrons. The van der Waals surface area contributed by atoms with E-state index in [0.717, 1.165) is 16.5 Å². The molecule has 130 valence electrons. The van der Waals surface area contributed by atoms with E-state index in [1.165, 1.54) is 6.08 Å². The number of methoxy groups -OCH3 is 1. The minimum atomic E-state index is -1.20.